The molecule has 0 bridgehead atoms. The molecular weight excluding hydrogens is 529 g/mol. The second-order valence-corrected chi connectivity index (χ2v) is 8.82. The highest BCUT2D eigenvalue weighted by molar-refractivity contribution is 14.1. The summed E-state index contributed by atoms with van der Waals surface area (Å²) in [6, 6.07) is 13.5. The maximum Gasteiger partial charge on any atom is 0.293 e. The molecule has 1 fully saturated rings. The number of carbonyl (C=O) groups excluding carboxylic acids is 2. The Balaban J connectivity index is 1.70. The molecule has 26 heavy (non-hydrogen) atoms. The van der Waals surface area contributed by atoms with Crippen LogP contribution in [0.4, 0.5) is 4.79 Å². The number of halogens is 2. The van der Waals surface area contributed by atoms with Crippen LogP contribution in [0.2, 0.25) is 0 Å². The Labute approximate surface area is 177 Å². The lowest BCUT2D eigenvalue weighted by Crippen LogP contribution is -2.29. The number of aryl methyl sites for hydroxylation is 1. The number of thioether (sulfide) groups is 1. The van der Waals surface area contributed by atoms with Gasteiger partial charge in [-0.1, -0.05) is 46.3 Å². The molecule has 3 rings (SSSR count). The molecule has 4 nitrogen and oxygen atoms in total. The van der Waals surface area contributed by atoms with Crippen molar-refractivity contribution < 1.29 is 14.7 Å². The number of aromatic hydroxyl groups is 1. The monoisotopic (exact) mass is 543 g/mol. The molecule has 0 unspecified atom stereocenters. The van der Waals surface area contributed by atoms with Gasteiger partial charge in [-0.2, -0.15) is 0 Å². The molecule has 0 radical (unpaired) electrons. The average Bonchev–Trinajstić information content (AvgIpc) is 2.87. The first-order chi connectivity index (χ1) is 12.5. The van der Waals surface area contributed by atoms with E-state index in [1.807, 2.05) is 52.9 Å². The Morgan fingerprint density at radius 3 is 2.65 bits per heavy atom. The Kier molecular flexibility index (Phi) is 6.42. The molecule has 0 spiro atoms. The maximum absolute atomic E-state index is 12.6. The van der Waals surface area contributed by atoms with Crippen LogP contribution in [0.1, 0.15) is 17.5 Å². The Morgan fingerprint density at radius 2 is 1.92 bits per heavy atom. The SMILES string of the molecule is O=C1S/C(=C\c2cc(Br)cc(I)c2O)C(=O)N1CCCc1ccccc1. The van der Waals surface area contributed by atoms with Gasteiger partial charge < -0.3 is 5.11 Å². The Hall–Kier alpha value is -1.32. The van der Waals surface area contributed by atoms with Crippen molar-refractivity contribution in [1.29, 1.82) is 0 Å². The van der Waals surface area contributed by atoms with E-state index in [1.165, 1.54) is 10.5 Å². The second kappa shape index (κ2) is 8.58. The van der Waals surface area contributed by atoms with E-state index < -0.39 is 0 Å². The topological polar surface area (TPSA) is 57.6 Å². The summed E-state index contributed by atoms with van der Waals surface area (Å²) < 4.78 is 1.47. The number of imide groups is 1. The number of carbonyl (C=O) groups is 2. The summed E-state index contributed by atoms with van der Waals surface area (Å²) >= 11 is 6.31. The third kappa shape index (κ3) is 4.50. The standard InChI is InChI=1S/C19H15BrINO3S/c20-14-9-13(17(23)15(21)11-14)10-16-18(24)22(19(25)26-16)8-4-7-12-5-2-1-3-6-12/h1-3,5-6,9-11,23H,4,7-8H2/b16-10-. The number of hydrogen-bond donors (Lipinski definition) is 1. The molecule has 2 aromatic carbocycles. The molecule has 0 atom stereocenters. The van der Waals surface area contributed by atoms with Crippen molar-refractivity contribution in [2.75, 3.05) is 6.54 Å². The molecule has 1 heterocycles. The molecular formula is C19H15BrINO3S. The summed E-state index contributed by atoms with van der Waals surface area (Å²) in [6.07, 6.45) is 3.10. The lowest BCUT2D eigenvalue weighted by molar-refractivity contribution is -0.122. The lowest BCUT2D eigenvalue weighted by atomic mass is 10.1. The highest BCUT2D eigenvalue weighted by atomic mass is 127. The third-order valence-electron chi connectivity index (χ3n) is 3.91. The summed E-state index contributed by atoms with van der Waals surface area (Å²) in [6.45, 7) is 0.388. The first-order valence-electron chi connectivity index (χ1n) is 7.93. The number of rotatable bonds is 5. The van der Waals surface area contributed by atoms with Crippen LogP contribution in [0, 0.1) is 3.57 Å². The van der Waals surface area contributed by atoms with Crippen LogP contribution in [0.25, 0.3) is 6.08 Å². The van der Waals surface area contributed by atoms with E-state index >= 15 is 0 Å². The van der Waals surface area contributed by atoms with Crippen molar-refractivity contribution in [2.24, 2.45) is 0 Å². The molecule has 1 aliphatic rings. The fourth-order valence-electron chi connectivity index (χ4n) is 2.62. The van der Waals surface area contributed by atoms with Crippen LogP contribution in [-0.4, -0.2) is 27.7 Å². The molecule has 0 aromatic heterocycles. The van der Waals surface area contributed by atoms with Crippen molar-refractivity contribution in [3.8, 4) is 5.75 Å². The smallest absolute Gasteiger partial charge is 0.293 e. The minimum atomic E-state index is -0.303. The van der Waals surface area contributed by atoms with Gasteiger partial charge in [-0.25, -0.2) is 0 Å². The van der Waals surface area contributed by atoms with Crippen molar-refractivity contribution in [3.05, 3.63) is 66.5 Å². The minimum absolute atomic E-state index is 0.102. The zero-order chi connectivity index (χ0) is 18.7. The summed E-state index contributed by atoms with van der Waals surface area (Å²) in [4.78, 5) is 26.4. The van der Waals surface area contributed by atoms with Crippen LogP contribution in [-0.2, 0) is 11.2 Å². The van der Waals surface area contributed by atoms with E-state index in [0.717, 1.165) is 29.1 Å². The van der Waals surface area contributed by atoms with E-state index in [2.05, 4.69) is 15.9 Å². The average molecular weight is 544 g/mol. The molecule has 1 saturated heterocycles. The predicted molar refractivity (Wildman–Crippen MR) is 116 cm³/mol. The maximum atomic E-state index is 12.6. The van der Waals surface area contributed by atoms with Gasteiger partial charge in [0.05, 0.1) is 8.48 Å². The molecule has 1 aliphatic heterocycles. The summed E-state index contributed by atoms with van der Waals surface area (Å²) in [5, 5.41) is 9.91. The van der Waals surface area contributed by atoms with E-state index in [1.54, 1.807) is 18.2 Å². The molecule has 2 amide bonds. The first-order valence-corrected chi connectivity index (χ1v) is 10.6. The highest BCUT2D eigenvalue weighted by Gasteiger charge is 2.34. The van der Waals surface area contributed by atoms with E-state index in [9.17, 15) is 14.7 Å². The molecule has 7 heteroatoms. The van der Waals surface area contributed by atoms with Crippen LogP contribution < -0.4 is 0 Å². The quantitative estimate of drug-likeness (QED) is 0.403. The minimum Gasteiger partial charge on any atom is -0.506 e. The predicted octanol–water partition coefficient (Wildman–Crippen LogP) is 5.43. The Morgan fingerprint density at radius 1 is 1.19 bits per heavy atom. The number of benzene rings is 2. The van der Waals surface area contributed by atoms with Gasteiger partial charge in [-0.3, -0.25) is 14.5 Å². The van der Waals surface area contributed by atoms with Gasteiger partial charge >= 0.3 is 0 Å². The van der Waals surface area contributed by atoms with E-state index in [4.69, 9.17) is 0 Å². The summed E-state index contributed by atoms with van der Waals surface area (Å²) in [5.74, 6) is -0.202. The number of nitrogens with zero attached hydrogens (tertiary/aromatic N) is 1. The molecule has 2 aromatic rings. The Bertz CT molecular complexity index is 886. The van der Waals surface area contributed by atoms with Crippen molar-refractivity contribution >= 4 is 67.5 Å². The van der Waals surface area contributed by atoms with Crippen LogP contribution in [0.5, 0.6) is 5.75 Å². The number of phenols is 1. The van der Waals surface area contributed by atoms with Crippen molar-refractivity contribution in [3.63, 3.8) is 0 Å². The van der Waals surface area contributed by atoms with E-state index in [0.29, 0.717) is 20.6 Å². The van der Waals surface area contributed by atoms with Gasteiger partial charge in [0.25, 0.3) is 11.1 Å². The number of hydrogen-bond acceptors (Lipinski definition) is 4. The normalized spacial score (nSPS) is 15.9. The van der Waals surface area contributed by atoms with Gasteiger partial charge in [-0.15, -0.1) is 0 Å². The van der Waals surface area contributed by atoms with Gasteiger partial charge in [0, 0.05) is 16.6 Å². The fraction of sp³-hybridized carbons (Fsp3) is 0.158. The fourth-order valence-corrected chi connectivity index (χ4v) is 5.02. The van der Waals surface area contributed by atoms with Gasteiger partial charge in [0.15, 0.2) is 0 Å². The summed E-state index contributed by atoms with van der Waals surface area (Å²) in [5.41, 5.74) is 1.70. The molecule has 1 N–H and O–H groups in total. The first kappa shape index (κ1) is 19.4. The zero-order valence-corrected chi connectivity index (χ0v) is 18.2. The summed E-state index contributed by atoms with van der Waals surface area (Å²) in [7, 11) is 0. The third-order valence-corrected chi connectivity index (χ3v) is 6.10. The van der Waals surface area contributed by atoms with Crippen molar-refractivity contribution in [2.45, 2.75) is 12.8 Å². The molecule has 0 saturated carbocycles. The van der Waals surface area contributed by atoms with E-state index in [-0.39, 0.29) is 16.9 Å². The lowest BCUT2D eigenvalue weighted by Gasteiger charge is -2.12. The number of amides is 2. The number of phenolic OH excluding ortho intramolecular Hbond substituents is 1. The zero-order valence-electron chi connectivity index (χ0n) is 13.6. The van der Waals surface area contributed by atoms with Gasteiger partial charge in [0.1, 0.15) is 5.75 Å². The van der Waals surface area contributed by atoms with Crippen LogP contribution >= 0.6 is 50.3 Å². The van der Waals surface area contributed by atoms with Crippen molar-refractivity contribution in [1.82, 2.24) is 4.90 Å². The van der Waals surface area contributed by atoms with Crippen LogP contribution in [0.15, 0.2) is 51.8 Å². The highest BCUT2D eigenvalue weighted by Crippen LogP contribution is 2.36. The largest absolute Gasteiger partial charge is 0.506 e. The van der Waals surface area contributed by atoms with Crippen LogP contribution in [0.3, 0.4) is 0 Å². The second-order valence-electron chi connectivity index (χ2n) is 5.75. The van der Waals surface area contributed by atoms with Gasteiger partial charge in [-0.05, 0) is 71.0 Å². The van der Waals surface area contributed by atoms with Gasteiger partial charge in [0.2, 0.25) is 0 Å². The molecule has 0 aliphatic carbocycles. The molecule has 134 valence electrons.